The largest absolute Gasteiger partial charge is 0.388 e. The third kappa shape index (κ3) is 4.74. The Bertz CT molecular complexity index is 712. The van der Waals surface area contributed by atoms with E-state index in [2.05, 4.69) is 0 Å². The number of benzene rings is 2. The second-order valence-corrected chi connectivity index (χ2v) is 8.17. The van der Waals surface area contributed by atoms with E-state index >= 15 is 0 Å². The molecule has 0 saturated heterocycles. The van der Waals surface area contributed by atoms with Gasteiger partial charge in [-0.3, -0.25) is 0 Å². The van der Waals surface area contributed by atoms with E-state index in [-0.39, 0.29) is 4.90 Å². The van der Waals surface area contributed by atoms with Crippen LogP contribution in [-0.4, -0.2) is 25.5 Å². The van der Waals surface area contributed by atoms with Crippen molar-refractivity contribution in [2.24, 2.45) is 0 Å². The lowest BCUT2D eigenvalue weighted by Crippen LogP contribution is -2.02. The summed E-state index contributed by atoms with van der Waals surface area (Å²) in [6, 6.07) is 13.7. The van der Waals surface area contributed by atoms with Crippen LogP contribution in [-0.2, 0) is 9.84 Å². The summed E-state index contributed by atoms with van der Waals surface area (Å²) in [5, 5.41) is 10.8. The molecule has 2 aromatic rings. The van der Waals surface area contributed by atoms with Crippen molar-refractivity contribution in [3.63, 3.8) is 0 Å². The highest BCUT2D eigenvalue weighted by molar-refractivity contribution is 7.99. The van der Waals surface area contributed by atoms with Crippen LogP contribution in [0.1, 0.15) is 11.7 Å². The molecular formula is C15H15ClO3S2. The maximum atomic E-state index is 11.4. The van der Waals surface area contributed by atoms with Crippen molar-refractivity contribution in [3.8, 4) is 0 Å². The highest BCUT2D eigenvalue weighted by Crippen LogP contribution is 2.27. The Morgan fingerprint density at radius 3 is 2.43 bits per heavy atom. The van der Waals surface area contributed by atoms with E-state index in [1.165, 1.54) is 23.9 Å². The lowest BCUT2D eigenvalue weighted by Gasteiger charge is -2.11. The molecule has 2 rings (SSSR count). The molecule has 0 aliphatic rings. The summed E-state index contributed by atoms with van der Waals surface area (Å²) in [5.74, 6) is 0.471. The fourth-order valence-corrected chi connectivity index (χ4v) is 3.58. The molecule has 0 aliphatic heterocycles. The van der Waals surface area contributed by atoms with Crippen molar-refractivity contribution < 1.29 is 13.5 Å². The van der Waals surface area contributed by atoms with Crippen LogP contribution in [0, 0.1) is 0 Å². The maximum Gasteiger partial charge on any atom is 0.175 e. The van der Waals surface area contributed by atoms with Crippen molar-refractivity contribution >= 4 is 33.2 Å². The number of sulfone groups is 1. The molecular weight excluding hydrogens is 328 g/mol. The van der Waals surface area contributed by atoms with Crippen molar-refractivity contribution in [3.05, 3.63) is 59.1 Å². The second-order valence-electron chi connectivity index (χ2n) is 4.63. The Morgan fingerprint density at radius 2 is 1.86 bits per heavy atom. The molecule has 1 N–H and O–H groups in total. The predicted octanol–water partition coefficient (Wildman–Crippen LogP) is 3.57. The van der Waals surface area contributed by atoms with Crippen LogP contribution in [0.5, 0.6) is 0 Å². The summed E-state index contributed by atoms with van der Waals surface area (Å²) in [7, 11) is -3.21. The summed E-state index contributed by atoms with van der Waals surface area (Å²) in [5.41, 5.74) is 0.692. The molecule has 0 radical (unpaired) electrons. The molecule has 0 aromatic heterocycles. The molecule has 0 heterocycles. The second kappa shape index (κ2) is 6.83. The molecule has 0 fully saturated rings. The minimum absolute atomic E-state index is 0.251. The fraction of sp³-hybridized carbons (Fsp3) is 0.200. The topological polar surface area (TPSA) is 54.4 Å². The first-order valence-electron chi connectivity index (χ1n) is 6.23. The third-order valence-electron chi connectivity index (χ3n) is 2.90. The van der Waals surface area contributed by atoms with Crippen LogP contribution in [0.15, 0.2) is 58.3 Å². The van der Waals surface area contributed by atoms with Gasteiger partial charge >= 0.3 is 0 Å². The van der Waals surface area contributed by atoms with Gasteiger partial charge in [0.2, 0.25) is 0 Å². The smallest absolute Gasteiger partial charge is 0.175 e. The van der Waals surface area contributed by atoms with E-state index < -0.39 is 15.9 Å². The molecule has 112 valence electrons. The van der Waals surface area contributed by atoms with E-state index in [0.29, 0.717) is 16.3 Å². The molecule has 0 spiro atoms. The molecule has 3 nitrogen and oxygen atoms in total. The zero-order chi connectivity index (χ0) is 15.5. The molecule has 0 aliphatic carbocycles. The van der Waals surface area contributed by atoms with Gasteiger partial charge < -0.3 is 5.11 Å². The van der Waals surface area contributed by atoms with Gasteiger partial charge in [-0.2, -0.15) is 0 Å². The molecule has 21 heavy (non-hydrogen) atoms. The van der Waals surface area contributed by atoms with E-state index in [9.17, 15) is 13.5 Å². The number of aliphatic hydroxyl groups is 1. The summed E-state index contributed by atoms with van der Waals surface area (Å²) in [4.78, 5) is 1.23. The van der Waals surface area contributed by atoms with Crippen LogP contribution < -0.4 is 0 Å². The first-order chi connectivity index (χ1) is 9.86. The zero-order valence-electron chi connectivity index (χ0n) is 11.4. The Labute approximate surface area is 133 Å². The standard InChI is InChI=1S/C15H15ClO3S2/c1-21(18,19)14-7-5-11(6-8-14)15(17)10-20-13-4-2-3-12(16)9-13/h2-9,15,17H,10H2,1H3. The van der Waals surface area contributed by atoms with Crippen LogP contribution >= 0.6 is 23.4 Å². The van der Waals surface area contributed by atoms with Crippen molar-refractivity contribution in [1.82, 2.24) is 0 Å². The van der Waals surface area contributed by atoms with Gasteiger partial charge in [-0.1, -0.05) is 29.8 Å². The number of rotatable bonds is 5. The van der Waals surface area contributed by atoms with Gasteiger partial charge in [0.05, 0.1) is 11.0 Å². The maximum absolute atomic E-state index is 11.4. The van der Waals surface area contributed by atoms with E-state index in [1.807, 2.05) is 18.2 Å². The van der Waals surface area contributed by atoms with Crippen molar-refractivity contribution in [2.45, 2.75) is 15.9 Å². The Hall–Kier alpha value is -1.01. The van der Waals surface area contributed by atoms with E-state index in [0.717, 1.165) is 11.2 Å². The molecule has 1 atom stereocenters. The minimum atomic E-state index is -3.21. The first-order valence-corrected chi connectivity index (χ1v) is 9.48. The van der Waals surface area contributed by atoms with E-state index in [1.54, 1.807) is 18.2 Å². The fourth-order valence-electron chi connectivity index (χ4n) is 1.77. The lowest BCUT2D eigenvalue weighted by molar-refractivity contribution is 0.204. The molecule has 6 heteroatoms. The molecule has 0 bridgehead atoms. The zero-order valence-corrected chi connectivity index (χ0v) is 13.8. The minimum Gasteiger partial charge on any atom is -0.388 e. The first kappa shape index (κ1) is 16.4. The summed E-state index contributed by atoms with van der Waals surface area (Å²) < 4.78 is 22.8. The SMILES string of the molecule is CS(=O)(=O)c1ccc(C(O)CSc2cccc(Cl)c2)cc1. The highest BCUT2D eigenvalue weighted by atomic mass is 35.5. The Morgan fingerprint density at radius 1 is 1.19 bits per heavy atom. The normalized spacial score (nSPS) is 13.1. The highest BCUT2D eigenvalue weighted by Gasteiger charge is 2.11. The monoisotopic (exact) mass is 342 g/mol. The number of thioether (sulfide) groups is 1. The number of aliphatic hydroxyl groups excluding tert-OH is 1. The Balaban J connectivity index is 2.02. The van der Waals surface area contributed by atoms with Crippen molar-refractivity contribution in [2.75, 3.05) is 12.0 Å². The summed E-state index contributed by atoms with van der Waals surface area (Å²) in [6.07, 6.45) is 0.496. The van der Waals surface area contributed by atoms with Crippen LogP contribution in [0.4, 0.5) is 0 Å². The molecule has 2 aromatic carbocycles. The van der Waals surface area contributed by atoms with Crippen LogP contribution in [0.2, 0.25) is 5.02 Å². The quantitative estimate of drug-likeness (QED) is 0.844. The average Bonchev–Trinajstić information content (AvgIpc) is 2.44. The van der Waals surface area contributed by atoms with Crippen LogP contribution in [0.25, 0.3) is 0 Å². The van der Waals surface area contributed by atoms with Gasteiger partial charge in [0.15, 0.2) is 9.84 Å². The average molecular weight is 343 g/mol. The van der Waals surface area contributed by atoms with Gasteiger partial charge in [-0.15, -0.1) is 11.8 Å². The molecule has 0 saturated carbocycles. The van der Waals surface area contributed by atoms with E-state index in [4.69, 9.17) is 11.6 Å². The van der Waals surface area contributed by atoms with Gasteiger partial charge in [-0.05, 0) is 35.9 Å². The number of hydrogen-bond acceptors (Lipinski definition) is 4. The summed E-state index contributed by atoms with van der Waals surface area (Å²) >= 11 is 7.40. The van der Waals surface area contributed by atoms with Crippen LogP contribution in [0.3, 0.4) is 0 Å². The number of hydrogen-bond donors (Lipinski definition) is 1. The molecule has 1 unspecified atom stereocenters. The molecule has 0 amide bonds. The van der Waals surface area contributed by atoms with Gasteiger partial charge in [-0.25, -0.2) is 8.42 Å². The third-order valence-corrected chi connectivity index (χ3v) is 5.33. The Kier molecular flexibility index (Phi) is 5.32. The summed E-state index contributed by atoms with van der Waals surface area (Å²) in [6.45, 7) is 0. The predicted molar refractivity (Wildman–Crippen MR) is 86.7 cm³/mol. The van der Waals surface area contributed by atoms with Gasteiger partial charge in [0.25, 0.3) is 0 Å². The van der Waals surface area contributed by atoms with Crippen molar-refractivity contribution in [1.29, 1.82) is 0 Å². The van der Waals surface area contributed by atoms with Gasteiger partial charge in [0, 0.05) is 21.9 Å². The van der Waals surface area contributed by atoms with Gasteiger partial charge in [0.1, 0.15) is 0 Å². The number of halogens is 1. The lowest BCUT2D eigenvalue weighted by atomic mass is 10.1.